The number of rotatable bonds is 4. The standard InChI is InChI=1S/C22H27ClN6OS/c1-15-16(2)31-22-19(15)21(25-18(26-22)14-27-10-12-30-13-11-27)29-8-6-28(7-9-29)20-17(23)4-3-5-24-20/h3-5H,6-14H2,1-2H3. The van der Waals surface area contributed by atoms with Crippen LogP contribution in [0.5, 0.6) is 0 Å². The molecule has 2 fully saturated rings. The van der Waals surface area contributed by atoms with Crippen molar-refractivity contribution < 1.29 is 4.74 Å². The van der Waals surface area contributed by atoms with Gasteiger partial charge in [-0.2, -0.15) is 0 Å². The molecule has 7 nitrogen and oxygen atoms in total. The first-order valence-corrected chi connectivity index (χ1v) is 12.0. The third-order valence-electron chi connectivity index (χ3n) is 6.14. The van der Waals surface area contributed by atoms with Gasteiger partial charge >= 0.3 is 0 Å². The summed E-state index contributed by atoms with van der Waals surface area (Å²) in [5.74, 6) is 2.84. The quantitative estimate of drug-likeness (QED) is 0.592. The number of nitrogens with zero attached hydrogens (tertiary/aromatic N) is 6. The fourth-order valence-electron chi connectivity index (χ4n) is 4.27. The van der Waals surface area contributed by atoms with Crippen molar-refractivity contribution in [3.8, 4) is 0 Å². The molecule has 164 valence electrons. The third kappa shape index (κ3) is 4.22. The minimum atomic E-state index is 0.706. The average Bonchev–Trinajstić information content (AvgIpc) is 3.08. The second kappa shape index (κ2) is 8.86. The van der Waals surface area contributed by atoms with Crippen LogP contribution in [0.3, 0.4) is 0 Å². The smallest absolute Gasteiger partial charge is 0.147 e. The Hall–Kier alpha value is -2.00. The summed E-state index contributed by atoms with van der Waals surface area (Å²) in [6.07, 6.45) is 1.80. The number of hydrogen-bond donors (Lipinski definition) is 0. The maximum atomic E-state index is 6.38. The normalized spacial score (nSPS) is 18.2. The molecule has 0 spiro atoms. The second-order valence-corrected chi connectivity index (χ2v) is 9.71. The maximum absolute atomic E-state index is 6.38. The van der Waals surface area contributed by atoms with Crippen molar-refractivity contribution in [2.24, 2.45) is 0 Å². The van der Waals surface area contributed by atoms with Gasteiger partial charge in [0.05, 0.1) is 30.2 Å². The van der Waals surface area contributed by atoms with Crippen LogP contribution in [0.15, 0.2) is 18.3 Å². The van der Waals surface area contributed by atoms with Gasteiger partial charge in [0, 0.05) is 50.3 Å². The Morgan fingerprint density at radius 2 is 1.71 bits per heavy atom. The van der Waals surface area contributed by atoms with E-state index >= 15 is 0 Å². The summed E-state index contributed by atoms with van der Waals surface area (Å²) in [5, 5.41) is 1.91. The molecule has 0 amide bonds. The zero-order valence-corrected chi connectivity index (χ0v) is 19.5. The van der Waals surface area contributed by atoms with Gasteiger partial charge in [-0.25, -0.2) is 15.0 Å². The van der Waals surface area contributed by atoms with E-state index in [-0.39, 0.29) is 0 Å². The Labute approximate surface area is 191 Å². The molecule has 0 saturated carbocycles. The maximum Gasteiger partial charge on any atom is 0.147 e. The summed E-state index contributed by atoms with van der Waals surface area (Å²) in [4.78, 5) is 24.0. The van der Waals surface area contributed by atoms with Crippen LogP contribution in [0.4, 0.5) is 11.6 Å². The summed E-state index contributed by atoms with van der Waals surface area (Å²) in [7, 11) is 0. The van der Waals surface area contributed by atoms with Gasteiger partial charge in [0.1, 0.15) is 22.3 Å². The molecule has 0 aromatic carbocycles. The molecule has 0 atom stereocenters. The molecule has 0 unspecified atom stereocenters. The molecule has 0 radical (unpaired) electrons. The molecule has 0 bridgehead atoms. The number of morpholine rings is 1. The summed E-state index contributed by atoms with van der Waals surface area (Å²) < 4.78 is 5.49. The molecular weight excluding hydrogens is 432 g/mol. The van der Waals surface area contributed by atoms with Crippen LogP contribution in [0, 0.1) is 13.8 Å². The van der Waals surface area contributed by atoms with E-state index in [4.69, 9.17) is 26.3 Å². The number of thiophene rings is 1. The highest BCUT2D eigenvalue weighted by atomic mass is 35.5. The molecule has 9 heteroatoms. The zero-order chi connectivity index (χ0) is 21.4. The van der Waals surface area contributed by atoms with Crippen LogP contribution in [0.1, 0.15) is 16.3 Å². The van der Waals surface area contributed by atoms with Gasteiger partial charge in [-0.3, -0.25) is 4.90 Å². The molecule has 3 aromatic heterocycles. The van der Waals surface area contributed by atoms with Crippen molar-refractivity contribution in [2.75, 3.05) is 62.3 Å². The number of aryl methyl sites for hydroxylation is 2. The van der Waals surface area contributed by atoms with E-state index in [0.717, 1.165) is 81.3 Å². The predicted molar refractivity (Wildman–Crippen MR) is 127 cm³/mol. The highest BCUT2D eigenvalue weighted by Crippen LogP contribution is 2.36. The summed E-state index contributed by atoms with van der Waals surface area (Å²) in [6, 6.07) is 3.77. The molecule has 2 aliphatic rings. The highest BCUT2D eigenvalue weighted by Gasteiger charge is 2.25. The first-order valence-electron chi connectivity index (χ1n) is 10.8. The van der Waals surface area contributed by atoms with E-state index < -0.39 is 0 Å². The van der Waals surface area contributed by atoms with Crippen LogP contribution < -0.4 is 9.80 Å². The molecule has 31 heavy (non-hydrogen) atoms. The van der Waals surface area contributed by atoms with Crippen LogP contribution in [-0.4, -0.2) is 72.3 Å². The number of pyridine rings is 1. The zero-order valence-electron chi connectivity index (χ0n) is 18.0. The Morgan fingerprint density at radius 3 is 2.42 bits per heavy atom. The van der Waals surface area contributed by atoms with Crippen LogP contribution in [-0.2, 0) is 11.3 Å². The second-order valence-electron chi connectivity index (χ2n) is 8.10. The number of halogens is 1. The summed E-state index contributed by atoms with van der Waals surface area (Å²) >= 11 is 8.15. The predicted octanol–water partition coefficient (Wildman–Crippen LogP) is 3.52. The van der Waals surface area contributed by atoms with Crippen molar-refractivity contribution in [1.82, 2.24) is 19.9 Å². The van der Waals surface area contributed by atoms with Gasteiger partial charge in [0.2, 0.25) is 0 Å². The van der Waals surface area contributed by atoms with Crippen molar-refractivity contribution in [3.05, 3.63) is 39.6 Å². The van der Waals surface area contributed by atoms with E-state index in [9.17, 15) is 0 Å². The minimum absolute atomic E-state index is 0.706. The van der Waals surface area contributed by atoms with Gasteiger partial charge in [0.15, 0.2) is 0 Å². The Morgan fingerprint density at radius 1 is 1.00 bits per heavy atom. The fourth-order valence-corrected chi connectivity index (χ4v) is 5.55. The molecule has 5 heterocycles. The van der Waals surface area contributed by atoms with Crippen molar-refractivity contribution in [3.63, 3.8) is 0 Å². The lowest BCUT2D eigenvalue weighted by molar-refractivity contribution is 0.0331. The van der Waals surface area contributed by atoms with E-state index in [1.54, 1.807) is 17.5 Å². The highest BCUT2D eigenvalue weighted by molar-refractivity contribution is 7.18. The lowest BCUT2D eigenvalue weighted by Gasteiger charge is -2.36. The van der Waals surface area contributed by atoms with Gasteiger partial charge in [0.25, 0.3) is 0 Å². The van der Waals surface area contributed by atoms with Crippen molar-refractivity contribution >= 4 is 44.8 Å². The fraction of sp³-hybridized carbons (Fsp3) is 0.500. The van der Waals surface area contributed by atoms with Gasteiger partial charge in [-0.15, -0.1) is 11.3 Å². The molecule has 3 aromatic rings. The molecule has 5 rings (SSSR count). The van der Waals surface area contributed by atoms with Gasteiger partial charge in [-0.05, 0) is 31.5 Å². The monoisotopic (exact) mass is 458 g/mol. The van der Waals surface area contributed by atoms with Crippen molar-refractivity contribution in [1.29, 1.82) is 0 Å². The molecular formula is C22H27ClN6OS. The first-order chi connectivity index (χ1) is 15.1. The number of hydrogen-bond acceptors (Lipinski definition) is 8. The first kappa shape index (κ1) is 20.9. The molecule has 2 saturated heterocycles. The van der Waals surface area contributed by atoms with E-state index in [0.29, 0.717) is 5.02 Å². The Balaban J connectivity index is 1.42. The Kier molecular flexibility index (Phi) is 5.97. The van der Waals surface area contributed by atoms with Gasteiger partial charge < -0.3 is 14.5 Å². The summed E-state index contributed by atoms with van der Waals surface area (Å²) in [5.41, 5.74) is 1.29. The third-order valence-corrected chi connectivity index (χ3v) is 7.54. The molecule has 2 aliphatic heterocycles. The van der Waals surface area contributed by atoms with Gasteiger partial charge in [-0.1, -0.05) is 11.6 Å². The minimum Gasteiger partial charge on any atom is -0.379 e. The largest absolute Gasteiger partial charge is 0.379 e. The SMILES string of the molecule is Cc1sc2nc(CN3CCOCC3)nc(N3CCN(c4ncccc4Cl)CC3)c2c1C. The van der Waals surface area contributed by atoms with Crippen LogP contribution >= 0.6 is 22.9 Å². The van der Waals surface area contributed by atoms with Crippen LogP contribution in [0.25, 0.3) is 10.2 Å². The number of anilines is 2. The number of aromatic nitrogens is 3. The topological polar surface area (TPSA) is 57.6 Å². The number of piperazine rings is 1. The lowest BCUT2D eigenvalue weighted by atomic mass is 10.2. The van der Waals surface area contributed by atoms with E-state index in [2.05, 4.69) is 33.5 Å². The number of ether oxygens (including phenoxy) is 1. The molecule has 0 N–H and O–H groups in total. The summed E-state index contributed by atoms with van der Waals surface area (Å²) in [6.45, 7) is 12.0. The lowest BCUT2D eigenvalue weighted by Crippen LogP contribution is -2.47. The van der Waals surface area contributed by atoms with Crippen LogP contribution in [0.2, 0.25) is 5.02 Å². The Bertz CT molecular complexity index is 1080. The van der Waals surface area contributed by atoms with E-state index in [1.807, 2.05) is 12.1 Å². The average molecular weight is 459 g/mol. The number of fused-ring (bicyclic) bond motifs is 1. The molecule has 0 aliphatic carbocycles. The van der Waals surface area contributed by atoms with Crippen molar-refractivity contribution in [2.45, 2.75) is 20.4 Å². The van der Waals surface area contributed by atoms with E-state index in [1.165, 1.54) is 15.8 Å².